The standard InChI is InChI=1S/C23H28N2O4/c26-21(25-13-10-19(15-25)24-22(27)28)20(23(29)11-4-1-5-12-23)18-9-8-16-6-2-3-7-17(16)14-18/h2-3,6-9,14,19-20,24,29H,1,4-5,10-13,15H2,(H,27,28)/t19-,20?/m0/s1. The third kappa shape index (κ3) is 4.08. The molecular weight excluding hydrogens is 368 g/mol. The highest BCUT2D eigenvalue weighted by atomic mass is 16.4. The monoisotopic (exact) mass is 396 g/mol. The van der Waals surface area contributed by atoms with Gasteiger partial charge in [-0.15, -0.1) is 0 Å². The van der Waals surface area contributed by atoms with Gasteiger partial charge in [-0.3, -0.25) is 4.79 Å². The lowest BCUT2D eigenvalue weighted by atomic mass is 9.72. The van der Waals surface area contributed by atoms with Crippen LogP contribution < -0.4 is 5.32 Å². The molecule has 2 amide bonds. The van der Waals surface area contributed by atoms with Crippen LogP contribution in [0.3, 0.4) is 0 Å². The molecule has 0 aromatic heterocycles. The van der Waals surface area contributed by atoms with E-state index in [2.05, 4.69) is 5.32 Å². The number of nitrogens with one attached hydrogen (secondary N) is 1. The van der Waals surface area contributed by atoms with Gasteiger partial charge in [0, 0.05) is 13.1 Å². The summed E-state index contributed by atoms with van der Waals surface area (Å²) in [5.74, 6) is -0.727. The molecule has 1 heterocycles. The normalized spacial score (nSPS) is 22.4. The molecule has 1 aliphatic heterocycles. The predicted molar refractivity (Wildman–Crippen MR) is 111 cm³/mol. The zero-order valence-corrected chi connectivity index (χ0v) is 16.5. The number of benzene rings is 2. The number of carbonyl (C=O) groups excluding carboxylic acids is 1. The Balaban J connectivity index is 1.66. The summed E-state index contributed by atoms with van der Waals surface area (Å²) < 4.78 is 0. The fraction of sp³-hybridized carbons (Fsp3) is 0.478. The van der Waals surface area contributed by atoms with Gasteiger partial charge < -0.3 is 20.4 Å². The van der Waals surface area contributed by atoms with E-state index in [4.69, 9.17) is 5.11 Å². The molecule has 154 valence electrons. The number of aliphatic hydroxyl groups is 1. The van der Waals surface area contributed by atoms with Crippen molar-refractivity contribution >= 4 is 22.8 Å². The zero-order chi connectivity index (χ0) is 20.4. The van der Waals surface area contributed by atoms with Gasteiger partial charge in [0.15, 0.2) is 0 Å². The number of likely N-dealkylation sites (tertiary alicyclic amines) is 1. The van der Waals surface area contributed by atoms with Gasteiger partial charge in [-0.25, -0.2) is 4.79 Å². The smallest absolute Gasteiger partial charge is 0.404 e. The summed E-state index contributed by atoms with van der Waals surface area (Å²) >= 11 is 0. The fourth-order valence-corrected chi connectivity index (χ4v) is 4.96. The van der Waals surface area contributed by atoms with Crippen molar-refractivity contribution in [1.82, 2.24) is 10.2 Å². The van der Waals surface area contributed by atoms with Crippen molar-refractivity contribution < 1.29 is 19.8 Å². The zero-order valence-electron chi connectivity index (χ0n) is 16.5. The SMILES string of the molecule is O=C(O)N[C@H]1CCN(C(=O)C(c2ccc3ccccc3c2)C2(O)CCCCC2)C1. The van der Waals surface area contributed by atoms with E-state index in [0.29, 0.717) is 32.4 Å². The second-order valence-electron chi connectivity index (χ2n) is 8.42. The van der Waals surface area contributed by atoms with Gasteiger partial charge in [-0.1, -0.05) is 61.7 Å². The highest BCUT2D eigenvalue weighted by Gasteiger charge is 2.45. The third-order valence-corrected chi connectivity index (χ3v) is 6.44. The molecule has 2 aromatic carbocycles. The Labute approximate surface area is 170 Å². The number of hydrogen-bond acceptors (Lipinski definition) is 3. The van der Waals surface area contributed by atoms with Crippen molar-refractivity contribution in [2.24, 2.45) is 0 Å². The number of hydrogen-bond donors (Lipinski definition) is 3. The van der Waals surface area contributed by atoms with E-state index in [1.807, 2.05) is 42.5 Å². The number of nitrogens with zero attached hydrogens (tertiary/aromatic N) is 1. The van der Waals surface area contributed by atoms with Gasteiger partial charge in [0.1, 0.15) is 0 Å². The van der Waals surface area contributed by atoms with Crippen LogP contribution in [0.4, 0.5) is 4.79 Å². The molecule has 4 rings (SSSR count). The number of amides is 2. The highest BCUT2D eigenvalue weighted by Crippen LogP contribution is 2.42. The van der Waals surface area contributed by atoms with Crippen molar-refractivity contribution in [1.29, 1.82) is 0 Å². The van der Waals surface area contributed by atoms with Crippen molar-refractivity contribution in [2.45, 2.75) is 56.1 Å². The van der Waals surface area contributed by atoms with Crippen LogP contribution in [0.15, 0.2) is 42.5 Å². The van der Waals surface area contributed by atoms with Crippen LogP contribution in [-0.4, -0.2) is 51.8 Å². The van der Waals surface area contributed by atoms with E-state index in [0.717, 1.165) is 35.6 Å². The second kappa shape index (κ2) is 8.03. The van der Waals surface area contributed by atoms with Crippen LogP contribution >= 0.6 is 0 Å². The molecular formula is C23H28N2O4. The van der Waals surface area contributed by atoms with Gasteiger partial charge in [-0.2, -0.15) is 0 Å². The van der Waals surface area contributed by atoms with Gasteiger partial charge in [0.2, 0.25) is 5.91 Å². The summed E-state index contributed by atoms with van der Waals surface area (Å²) in [4.78, 5) is 26.3. The largest absolute Gasteiger partial charge is 0.465 e. The Morgan fingerprint density at radius 2 is 1.79 bits per heavy atom. The molecule has 2 fully saturated rings. The molecule has 3 N–H and O–H groups in total. The minimum absolute atomic E-state index is 0.0978. The molecule has 2 aliphatic rings. The first-order valence-corrected chi connectivity index (χ1v) is 10.5. The summed E-state index contributed by atoms with van der Waals surface area (Å²) in [5, 5.41) is 25.1. The summed E-state index contributed by atoms with van der Waals surface area (Å²) in [6.45, 7) is 0.856. The first kappa shape index (κ1) is 19.7. The summed E-state index contributed by atoms with van der Waals surface area (Å²) in [6, 6.07) is 13.8. The quantitative estimate of drug-likeness (QED) is 0.738. The first-order chi connectivity index (χ1) is 14.0. The maximum Gasteiger partial charge on any atom is 0.404 e. The average molecular weight is 396 g/mol. The lowest BCUT2D eigenvalue weighted by molar-refractivity contribution is -0.140. The van der Waals surface area contributed by atoms with E-state index >= 15 is 0 Å². The summed E-state index contributed by atoms with van der Waals surface area (Å²) in [6.07, 6.45) is 3.66. The molecule has 2 aromatic rings. The third-order valence-electron chi connectivity index (χ3n) is 6.44. The van der Waals surface area contributed by atoms with Gasteiger partial charge in [0.25, 0.3) is 0 Å². The van der Waals surface area contributed by atoms with Crippen molar-refractivity contribution in [3.8, 4) is 0 Å². The molecule has 1 unspecified atom stereocenters. The molecule has 0 spiro atoms. The van der Waals surface area contributed by atoms with E-state index < -0.39 is 17.6 Å². The van der Waals surface area contributed by atoms with Crippen LogP contribution in [0.1, 0.15) is 50.0 Å². The molecule has 0 radical (unpaired) electrons. The second-order valence-corrected chi connectivity index (χ2v) is 8.42. The average Bonchev–Trinajstić information content (AvgIpc) is 3.16. The molecule has 6 nitrogen and oxygen atoms in total. The highest BCUT2D eigenvalue weighted by molar-refractivity contribution is 5.89. The number of carbonyl (C=O) groups is 2. The summed E-state index contributed by atoms with van der Waals surface area (Å²) in [5.41, 5.74) is -0.219. The maximum atomic E-state index is 13.6. The molecule has 2 atom stereocenters. The molecule has 6 heteroatoms. The Morgan fingerprint density at radius 3 is 2.52 bits per heavy atom. The lowest BCUT2D eigenvalue weighted by Crippen LogP contribution is -2.48. The van der Waals surface area contributed by atoms with E-state index in [9.17, 15) is 14.7 Å². The van der Waals surface area contributed by atoms with Crippen molar-refractivity contribution in [3.05, 3.63) is 48.0 Å². The van der Waals surface area contributed by atoms with Crippen LogP contribution in [0.5, 0.6) is 0 Å². The minimum atomic E-state index is -1.07. The maximum absolute atomic E-state index is 13.6. The molecule has 0 bridgehead atoms. The lowest BCUT2D eigenvalue weighted by Gasteiger charge is -2.40. The predicted octanol–water partition coefficient (Wildman–Crippen LogP) is 3.49. The van der Waals surface area contributed by atoms with Gasteiger partial charge in [-0.05, 0) is 35.6 Å². The number of fused-ring (bicyclic) bond motifs is 1. The molecule has 1 saturated heterocycles. The Morgan fingerprint density at radius 1 is 1.07 bits per heavy atom. The van der Waals surface area contributed by atoms with E-state index in [-0.39, 0.29) is 11.9 Å². The van der Waals surface area contributed by atoms with Crippen LogP contribution in [0.25, 0.3) is 10.8 Å². The van der Waals surface area contributed by atoms with Crippen molar-refractivity contribution in [2.75, 3.05) is 13.1 Å². The van der Waals surface area contributed by atoms with Gasteiger partial charge >= 0.3 is 6.09 Å². The van der Waals surface area contributed by atoms with Crippen LogP contribution in [0, 0.1) is 0 Å². The van der Waals surface area contributed by atoms with E-state index in [1.54, 1.807) is 4.90 Å². The first-order valence-electron chi connectivity index (χ1n) is 10.5. The van der Waals surface area contributed by atoms with Gasteiger partial charge in [0.05, 0.1) is 17.6 Å². The minimum Gasteiger partial charge on any atom is -0.465 e. The van der Waals surface area contributed by atoms with E-state index in [1.165, 1.54) is 0 Å². The Hall–Kier alpha value is -2.60. The van der Waals surface area contributed by atoms with Crippen molar-refractivity contribution in [3.63, 3.8) is 0 Å². The molecule has 29 heavy (non-hydrogen) atoms. The summed E-state index contributed by atoms with van der Waals surface area (Å²) in [7, 11) is 0. The molecule has 1 saturated carbocycles. The van der Waals surface area contributed by atoms with Crippen LogP contribution in [0.2, 0.25) is 0 Å². The van der Waals surface area contributed by atoms with Crippen LogP contribution in [-0.2, 0) is 4.79 Å². The number of carboxylic acid groups (broad SMARTS) is 1. The fourth-order valence-electron chi connectivity index (χ4n) is 4.96. The topological polar surface area (TPSA) is 89.9 Å². The number of rotatable bonds is 4. The molecule has 1 aliphatic carbocycles. The Kier molecular flexibility index (Phi) is 5.46. The Bertz CT molecular complexity index is 907.